The van der Waals surface area contributed by atoms with Gasteiger partial charge in [-0.2, -0.15) is 10.4 Å². The van der Waals surface area contributed by atoms with Crippen LogP contribution in [0.15, 0.2) is 41.3 Å². The number of rotatable bonds is 5. The van der Waals surface area contributed by atoms with Crippen LogP contribution in [0.3, 0.4) is 0 Å². The summed E-state index contributed by atoms with van der Waals surface area (Å²) in [5, 5.41) is 13.6. The molecule has 0 unspecified atom stereocenters. The highest BCUT2D eigenvalue weighted by molar-refractivity contribution is 7.91. The predicted octanol–water partition coefficient (Wildman–Crippen LogP) is 3.02. The van der Waals surface area contributed by atoms with E-state index in [1.807, 2.05) is 13.0 Å². The van der Waals surface area contributed by atoms with E-state index in [1.54, 1.807) is 41.8 Å². The van der Waals surface area contributed by atoms with Gasteiger partial charge in [0.2, 0.25) is 0 Å². The van der Waals surface area contributed by atoms with Crippen molar-refractivity contribution in [3.63, 3.8) is 0 Å². The van der Waals surface area contributed by atoms with Crippen molar-refractivity contribution in [2.45, 2.75) is 25.2 Å². The van der Waals surface area contributed by atoms with Gasteiger partial charge in [0, 0.05) is 17.5 Å². The van der Waals surface area contributed by atoms with Crippen LogP contribution in [0.5, 0.6) is 0 Å². The van der Waals surface area contributed by atoms with Gasteiger partial charge in [0.25, 0.3) is 0 Å². The van der Waals surface area contributed by atoms with E-state index in [9.17, 15) is 18.5 Å². The quantitative estimate of drug-likeness (QED) is 0.613. The van der Waals surface area contributed by atoms with Crippen molar-refractivity contribution in [1.82, 2.24) is 9.61 Å². The molecule has 2 aromatic heterocycles. The fourth-order valence-electron chi connectivity index (χ4n) is 3.14. The number of sulfone groups is 1. The summed E-state index contributed by atoms with van der Waals surface area (Å²) in [6.45, 7) is 3.67. The number of aryl methyl sites for hydroxylation is 1. The molecule has 0 aliphatic heterocycles. The molecule has 0 bridgehead atoms. The van der Waals surface area contributed by atoms with E-state index in [0.29, 0.717) is 28.6 Å². The Labute approximate surface area is 163 Å². The van der Waals surface area contributed by atoms with Crippen molar-refractivity contribution in [3.8, 4) is 17.2 Å². The molecule has 2 heterocycles. The van der Waals surface area contributed by atoms with Crippen LogP contribution in [0, 0.1) is 11.3 Å². The molecule has 0 radical (unpaired) electrons. The first-order valence-corrected chi connectivity index (χ1v) is 10.6. The number of aromatic nitrogens is 2. The lowest BCUT2D eigenvalue weighted by Gasteiger charge is -2.15. The highest BCUT2D eigenvalue weighted by Crippen LogP contribution is 2.35. The van der Waals surface area contributed by atoms with Crippen molar-refractivity contribution >= 4 is 21.3 Å². The van der Waals surface area contributed by atoms with Crippen LogP contribution in [-0.4, -0.2) is 36.9 Å². The number of benzene rings is 1. The van der Waals surface area contributed by atoms with Crippen molar-refractivity contribution < 1.29 is 17.9 Å². The molecule has 0 saturated heterocycles. The number of ether oxygens (including phenoxy) is 1. The largest absolute Gasteiger partial charge is 0.461 e. The number of hydrogen-bond donors (Lipinski definition) is 0. The van der Waals surface area contributed by atoms with Gasteiger partial charge in [-0.15, -0.1) is 0 Å². The first-order valence-electron chi connectivity index (χ1n) is 8.74. The van der Waals surface area contributed by atoms with Gasteiger partial charge in [0.15, 0.2) is 15.5 Å². The van der Waals surface area contributed by atoms with Gasteiger partial charge in [-0.1, -0.05) is 19.1 Å². The number of nitriles is 1. The molecule has 0 aliphatic carbocycles. The van der Waals surface area contributed by atoms with Gasteiger partial charge in [-0.05, 0) is 43.2 Å². The summed E-state index contributed by atoms with van der Waals surface area (Å²) in [4.78, 5) is 12.4. The summed E-state index contributed by atoms with van der Waals surface area (Å²) in [5.41, 5.74) is 2.32. The minimum Gasteiger partial charge on any atom is -0.461 e. The van der Waals surface area contributed by atoms with Gasteiger partial charge < -0.3 is 4.74 Å². The zero-order valence-electron chi connectivity index (χ0n) is 15.8. The third kappa shape index (κ3) is 3.37. The molecular weight excluding hydrogens is 378 g/mol. The second-order valence-corrected chi connectivity index (χ2v) is 8.17. The molecular formula is C20H19N3O4S. The number of carbonyl (C=O) groups is 1. The Morgan fingerprint density at radius 2 is 2.00 bits per heavy atom. The van der Waals surface area contributed by atoms with Gasteiger partial charge in [0.05, 0.1) is 23.8 Å². The van der Waals surface area contributed by atoms with E-state index in [4.69, 9.17) is 4.74 Å². The van der Waals surface area contributed by atoms with Crippen molar-refractivity contribution in [2.75, 3.05) is 12.9 Å². The average Bonchev–Trinajstić information content (AvgIpc) is 3.08. The zero-order valence-corrected chi connectivity index (χ0v) is 16.6. The van der Waals surface area contributed by atoms with Gasteiger partial charge >= 0.3 is 5.97 Å². The summed E-state index contributed by atoms with van der Waals surface area (Å²) < 4.78 is 32.0. The maximum absolute atomic E-state index is 12.7. The Morgan fingerprint density at radius 3 is 2.61 bits per heavy atom. The van der Waals surface area contributed by atoms with Crippen molar-refractivity contribution in [2.24, 2.45) is 0 Å². The zero-order chi connectivity index (χ0) is 20.5. The molecule has 0 spiro atoms. The second-order valence-electron chi connectivity index (χ2n) is 6.21. The van der Waals surface area contributed by atoms with Crippen LogP contribution < -0.4 is 0 Å². The fourth-order valence-corrected chi connectivity index (χ4v) is 4.21. The van der Waals surface area contributed by atoms with E-state index in [1.165, 1.54) is 0 Å². The SMILES string of the molecule is CCOC(=O)c1nn2c(CC)ccc2c(-c2cccc(C#N)c2)c1S(C)(=O)=O. The summed E-state index contributed by atoms with van der Waals surface area (Å²) >= 11 is 0. The highest BCUT2D eigenvalue weighted by Gasteiger charge is 2.29. The molecule has 144 valence electrons. The smallest absolute Gasteiger partial charge is 0.360 e. The minimum absolute atomic E-state index is 0.0906. The van der Waals surface area contributed by atoms with Crippen LogP contribution in [0.25, 0.3) is 16.6 Å². The monoisotopic (exact) mass is 397 g/mol. The molecule has 28 heavy (non-hydrogen) atoms. The molecule has 0 N–H and O–H groups in total. The lowest BCUT2D eigenvalue weighted by atomic mass is 10.0. The van der Waals surface area contributed by atoms with Crippen molar-refractivity contribution in [1.29, 1.82) is 5.26 Å². The van der Waals surface area contributed by atoms with E-state index in [2.05, 4.69) is 11.2 Å². The van der Waals surface area contributed by atoms with Crippen LogP contribution >= 0.6 is 0 Å². The van der Waals surface area contributed by atoms with Gasteiger partial charge in [-0.3, -0.25) is 0 Å². The first kappa shape index (κ1) is 19.6. The molecule has 1 aromatic carbocycles. The molecule has 0 fully saturated rings. The maximum atomic E-state index is 12.7. The van der Waals surface area contributed by atoms with Crippen LogP contribution in [0.2, 0.25) is 0 Å². The van der Waals surface area contributed by atoms with Crippen molar-refractivity contribution in [3.05, 3.63) is 53.3 Å². The van der Waals surface area contributed by atoms with E-state index in [0.717, 1.165) is 11.9 Å². The predicted molar refractivity (Wildman–Crippen MR) is 104 cm³/mol. The fraction of sp³-hybridized carbons (Fsp3) is 0.250. The van der Waals surface area contributed by atoms with Crippen LogP contribution in [0.1, 0.15) is 35.6 Å². The van der Waals surface area contributed by atoms with Crippen LogP contribution in [0.4, 0.5) is 0 Å². The van der Waals surface area contributed by atoms with E-state index >= 15 is 0 Å². The summed E-state index contributed by atoms with van der Waals surface area (Å²) in [5.74, 6) is -0.807. The molecule has 0 saturated carbocycles. The lowest BCUT2D eigenvalue weighted by molar-refractivity contribution is 0.0512. The third-order valence-electron chi connectivity index (χ3n) is 4.31. The Bertz CT molecular complexity index is 1220. The summed E-state index contributed by atoms with van der Waals surface area (Å²) in [6.07, 6.45) is 1.67. The molecule has 0 atom stereocenters. The molecule has 7 nitrogen and oxygen atoms in total. The van der Waals surface area contributed by atoms with E-state index < -0.39 is 15.8 Å². The van der Waals surface area contributed by atoms with E-state index in [-0.39, 0.29) is 17.2 Å². The minimum atomic E-state index is -3.84. The second kappa shape index (κ2) is 7.44. The molecule has 3 aromatic rings. The third-order valence-corrected chi connectivity index (χ3v) is 5.45. The topological polar surface area (TPSA) is 102 Å². The first-order chi connectivity index (χ1) is 13.3. The van der Waals surface area contributed by atoms with Gasteiger partial charge in [0.1, 0.15) is 4.90 Å². The molecule has 8 heteroatoms. The summed E-state index contributed by atoms with van der Waals surface area (Å²) in [6, 6.07) is 12.3. The lowest BCUT2D eigenvalue weighted by Crippen LogP contribution is -2.18. The van der Waals surface area contributed by atoms with Gasteiger partial charge in [-0.25, -0.2) is 17.7 Å². The van der Waals surface area contributed by atoms with Crippen LogP contribution in [-0.2, 0) is 21.0 Å². The standard InChI is InChI=1S/C20H19N3O4S/c1-4-15-9-10-16-17(14-8-6-7-13(11-14)12-21)19(28(3,25)26)18(22-23(15)16)20(24)27-5-2/h6-11H,4-5H2,1-3H3. The number of hydrogen-bond acceptors (Lipinski definition) is 6. The Balaban J connectivity index is 2.53. The Hall–Kier alpha value is -3.18. The number of esters is 1. The number of nitrogens with zero attached hydrogens (tertiary/aromatic N) is 3. The maximum Gasteiger partial charge on any atom is 0.360 e. The normalized spacial score (nSPS) is 11.4. The summed E-state index contributed by atoms with van der Waals surface area (Å²) in [7, 11) is -3.84. The molecule has 0 aliphatic rings. The molecule has 3 rings (SSSR count). The highest BCUT2D eigenvalue weighted by atomic mass is 32.2. The molecule has 0 amide bonds. The Morgan fingerprint density at radius 1 is 1.25 bits per heavy atom. The number of carbonyl (C=O) groups excluding carboxylic acids is 1. The average molecular weight is 397 g/mol. The number of fused-ring (bicyclic) bond motifs is 1. The Kier molecular flexibility index (Phi) is 5.21.